The van der Waals surface area contributed by atoms with Crippen LogP contribution in [0.3, 0.4) is 0 Å². The molecular formula is C18H20ClNO4. The minimum Gasteiger partial charge on any atom is -0.497 e. The lowest BCUT2D eigenvalue weighted by Gasteiger charge is -2.10. The van der Waals surface area contributed by atoms with Gasteiger partial charge in [-0.05, 0) is 42.3 Å². The molecule has 0 radical (unpaired) electrons. The number of halogens is 1. The van der Waals surface area contributed by atoms with E-state index in [4.69, 9.17) is 25.8 Å². The van der Waals surface area contributed by atoms with E-state index in [-0.39, 0.29) is 5.91 Å². The largest absolute Gasteiger partial charge is 0.497 e. The van der Waals surface area contributed by atoms with Crippen molar-refractivity contribution in [3.63, 3.8) is 0 Å². The highest BCUT2D eigenvalue weighted by Crippen LogP contribution is 2.27. The van der Waals surface area contributed by atoms with Gasteiger partial charge in [-0.1, -0.05) is 11.6 Å². The number of hydrogen-bond donors (Lipinski definition) is 1. The van der Waals surface area contributed by atoms with Crippen molar-refractivity contribution in [1.29, 1.82) is 0 Å². The van der Waals surface area contributed by atoms with Crippen molar-refractivity contribution in [3.05, 3.63) is 47.0 Å². The Bertz CT molecular complexity index is 696. The number of ether oxygens (including phenoxy) is 3. The predicted octanol–water partition coefficient (Wildman–Crippen LogP) is 3.94. The first-order valence-electron chi connectivity index (χ1n) is 7.41. The Morgan fingerprint density at radius 3 is 2.21 bits per heavy atom. The van der Waals surface area contributed by atoms with Crippen LogP contribution in [0.4, 0.5) is 5.69 Å². The Morgan fingerprint density at radius 1 is 1.00 bits per heavy atom. The average molecular weight is 350 g/mol. The molecule has 0 unspecified atom stereocenters. The molecule has 0 aliphatic carbocycles. The molecule has 1 amide bonds. The minimum atomic E-state index is -0.0991. The first kappa shape index (κ1) is 17.9. The smallest absolute Gasteiger partial charge is 0.224 e. The molecule has 5 nitrogen and oxygen atoms in total. The first-order valence-corrected chi connectivity index (χ1v) is 7.79. The number of methoxy groups -OCH3 is 3. The van der Waals surface area contributed by atoms with Gasteiger partial charge >= 0.3 is 0 Å². The Morgan fingerprint density at radius 2 is 1.67 bits per heavy atom. The van der Waals surface area contributed by atoms with Crippen LogP contribution in [0.15, 0.2) is 36.4 Å². The van der Waals surface area contributed by atoms with E-state index in [1.54, 1.807) is 45.6 Å². The fourth-order valence-corrected chi connectivity index (χ4v) is 2.49. The summed E-state index contributed by atoms with van der Waals surface area (Å²) in [5.41, 5.74) is 1.60. The molecule has 0 spiro atoms. The monoisotopic (exact) mass is 349 g/mol. The molecule has 0 aromatic heterocycles. The third-order valence-electron chi connectivity index (χ3n) is 3.49. The van der Waals surface area contributed by atoms with Gasteiger partial charge in [0.25, 0.3) is 0 Å². The summed E-state index contributed by atoms with van der Waals surface area (Å²) in [6.45, 7) is 0. The second-order valence-corrected chi connectivity index (χ2v) is 5.53. The molecule has 0 aliphatic rings. The number of anilines is 1. The fourth-order valence-electron chi connectivity index (χ4n) is 2.24. The molecule has 0 atom stereocenters. The van der Waals surface area contributed by atoms with E-state index in [1.807, 2.05) is 12.1 Å². The standard InChI is InChI=1S/C18H20ClNO4/c1-22-14-8-12(9-15(11-14)23-2)4-7-18(21)20-13-5-6-17(24-3)16(19)10-13/h5-6,8-11H,4,7H2,1-3H3,(H,20,21). The van der Waals surface area contributed by atoms with Crippen LogP contribution in [0.5, 0.6) is 17.2 Å². The van der Waals surface area contributed by atoms with Gasteiger partial charge in [0, 0.05) is 18.2 Å². The molecule has 0 bridgehead atoms. The second kappa shape index (κ2) is 8.45. The van der Waals surface area contributed by atoms with Gasteiger partial charge < -0.3 is 19.5 Å². The molecule has 2 aromatic carbocycles. The third-order valence-corrected chi connectivity index (χ3v) is 3.78. The van der Waals surface area contributed by atoms with E-state index in [0.29, 0.717) is 40.8 Å². The molecule has 0 aliphatic heterocycles. The Kier molecular flexibility index (Phi) is 6.32. The van der Waals surface area contributed by atoms with E-state index in [2.05, 4.69) is 5.32 Å². The second-order valence-electron chi connectivity index (χ2n) is 5.12. The van der Waals surface area contributed by atoms with E-state index in [0.717, 1.165) is 5.56 Å². The number of nitrogens with one attached hydrogen (secondary N) is 1. The summed E-state index contributed by atoms with van der Waals surface area (Å²) >= 11 is 6.05. The summed E-state index contributed by atoms with van der Waals surface area (Å²) in [7, 11) is 4.74. The topological polar surface area (TPSA) is 56.8 Å². The number of rotatable bonds is 7. The maximum atomic E-state index is 12.1. The predicted molar refractivity (Wildman–Crippen MR) is 94.5 cm³/mol. The van der Waals surface area contributed by atoms with Gasteiger partial charge in [0.2, 0.25) is 5.91 Å². The van der Waals surface area contributed by atoms with Gasteiger partial charge in [0.1, 0.15) is 17.2 Å². The lowest BCUT2D eigenvalue weighted by atomic mass is 10.1. The molecule has 128 valence electrons. The molecule has 6 heteroatoms. The minimum absolute atomic E-state index is 0.0991. The first-order chi connectivity index (χ1) is 11.5. The summed E-state index contributed by atoms with van der Waals surface area (Å²) in [6.07, 6.45) is 0.906. The number of amides is 1. The molecule has 0 fully saturated rings. The number of hydrogen-bond acceptors (Lipinski definition) is 4. The Labute approximate surface area is 146 Å². The molecule has 1 N–H and O–H groups in total. The van der Waals surface area contributed by atoms with E-state index >= 15 is 0 Å². The summed E-state index contributed by atoms with van der Waals surface area (Å²) in [4.78, 5) is 12.1. The maximum Gasteiger partial charge on any atom is 0.224 e. The molecule has 0 saturated heterocycles. The third kappa shape index (κ3) is 4.80. The SMILES string of the molecule is COc1cc(CCC(=O)Nc2ccc(OC)c(Cl)c2)cc(OC)c1. The Hall–Kier alpha value is -2.40. The van der Waals surface area contributed by atoms with Gasteiger partial charge in [0.05, 0.1) is 26.4 Å². The average Bonchev–Trinajstić information content (AvgIpc) is 2.59. The highest BCUT2D eigenvalue weighted by Gasteiger charge is 2.08. The van der Waals surface area contributed by atoms with E-state index in [1.165, 1.54) is 0 Å². The number of benzene rings is 2. The van der Waals surface area contributed by atoms with E-state index in [9.17, 15) is 4.79 Å². The maximum absolute atomic E-state index is 12.1. The van der Waals surface area contributed by atoms with Crippen LogP contribution < -0.4 is 19.5 Å². The van der Waals surface area contributed by atoms with Crippen molar-refractivity contribution in [3.8, 4) is 17.2 Å². The van der Waals surface area contributed by atoms with Gasteiger partial charge in [-0.3, -0.25) is 4.79 Å². The summed E-state index contributed by atoms with van der Waals surface area (Å²) in [6, 6.07) is 10.7. The van der Waals surface area contributed by atoms with Gasteiger partial charge in [-0.25, -0.2) is 0 Å². The molecule has 0 saturated carbocycles. The van der Waals surface area contributed by atoms with Crippen LogP contribution in [-0.4, -0.2) is 27.2 Å². The Balaban J connectivity index is 1.97. The van der Waals surface area contributed by atoms with E-state index < -0.39 is 0 Å². The van der Waals surface area contributed by atoms with Crippen LogP contribution in [0.1, 0.15) is 12.0 Å². The summed E-state index contributed by atoms with van der Waals surface area (Å²) in [5.74, 6) is 1.87. The number of aryl methyl sites for hydroxylation is 1. The van der Waals surface area contributed by atoms with Crippen LogP contribution in [0.25, 0.3) is 0 Å². The lowest BCUT2D eigenvalue weighted by molar-refractivity contribution is -0.116. The normalized spacial score (nSPS) is 10.2. The summed E-state index contributed by atoms with van der Waals surface area (Å²) < 4.78 is 15.5. The quantitative estimate of drug-likeness (QED) is 0.822. The van der Waals surface area contributed by atoms with Gasteiger partial charge in [-0.15, -0.1) is 0 Å². The fraction of sp³-hybridized carbons (Fsp3) is 0.278. The molecule has 2 rings (SSSR count). The zero-order valence-electron chi connectivity index (χ0n) is 13.9. The van der Waals surface area contributed by atoms with Gasteiger partial charge in [-0.2, -0.15) is 0 Å². The van der Waals surface area contributed by atoms with Crippen LogP contribution in [0.2, 0.25) is 5.02 Å². The number of carbonyl (C=O) groups excluding carboxylic acids is 1. The van der Waals surface area contributed by atoms with Crippen LogP contribution in [-0.2, 0) is 11.2 Å². The van der Waals surface area contributed by atoms with Crippen molar-refractivity contribution in [2.24, 2.45) is 0 Å². The van der Waals surface area contributed by atoms with Crippen molar-refractivity contribution in [2.45, 2.75) is 12.8 Å². The zero-order valence-corrected chi connectivity index (χ0v) is 14.6. The van der Waals surface area contributed by atoms with Crippen molar-refractivity contribution >= 4 is 23.2 Å². The molecule has 24 heavy (non-hydrogen) atoms. The van der Waals surface area contributed by atoms with Crippen molar-refractivity contribution < 1.29 is 19.0 Å². The van der Waals surface area contributed by atoms with Crippen molar-refractivity contribution in [2.75, 3.05) is 26.6 Å². The highest BCUT2D eigenvalue weighted by atomic mass is 35.5. The lowest BCUT2D eigenvalue weighted by Crippen LogP contribution is -2.12. The van der Waals surface area contributed by atoms with Crippen LogP contribution in [0, 0.1) is 0 Å². The van der Waals surface area contributed by atoms with Crippen molar-refractivity contribution in [1.82, 2.24) is 0 Å². The zero-order chi connectivity index (χ0) is 17.5. The van der Waals surface area contributed by atoms with Gasteiger partial charge in [0.15, 0.2) is 0 Å². The molecule has 2 aromatic rings. The summed E-state index contributed by atoms with van der Waals surface area (Å²) in [5, 5.41) is 3.27. The number of carbonyl (C=O) groups is 1. The molecular weight excluding hydrogens is 330 g/mol. The highest BCUT2D eigenvalue weighted by molar-refractivity contribution is 6.32. The van der Waals surface area contributed by atoms with Crippen LogP contribution >= 0.6 is 11.6 Å². The molecule has 0 heterocycles.